The average molecular weight is 341 g/mol. The fraction of sp³-hybridized carbons (Fsp3) is 0.333. The molecule has 1 atom stereocenters. The van der Waals surface area contributed by atoms with Crippen molar-refractivity contribution in [1.82, 2.24) is 0 Å². The maximum Gasteiger partial charge on any atom is 0.127 e. The Hall–Kier alpha value is -0.710. The predicted molar refractivity (Wildman–Crippen MR) is 79.1 cm³/mol. The van der Waals surface area contributed by atoms with E-state index in [1.165, 1.54) is 22.9 Å². The molecule has 1 aliphatic rings. The van der Waals surface area contributed by atoms with Gasteiger partial charge in [-0.3, -0.25) is 0 Å². The number of fused-ring (bicyclic) bond motifs is 1. The molecule has 3 rings (SSSR count). The highest BCUT2D eigenvalue weighted by Gasteiger charge is 2.19. The Bertz CT molecular complexity index is 587. The molecule has 1 nitrogen and oxygen atoms in total. The van der Waals surface area contributed by atoms with Crippen molar-refractivity contribution in [2.24, 2.45) is 0 Å². The second-order valence-corrected chi connectivity index (χ2v) is 6.99. The van der Waals surface area contributed by atoms with E-state index in [2.05, 4.69) is 22.0 Å². The summed E-state index contributed by atoms with van der Waals surface area (Å²) in [6.45, 7) is 0. The van der Waals surface area contributed by atoms with E-state index < -0.39 is 6.10 Å². The quantitative estimate of drug-likeness (QED) is 0.877. The lowest BCUT2D eigenvalue weighted by atomic mass is 10.1. The first-order valence-corrected chi connectivity index (χ1v) is 7.98. The number of aryl methyl sites for hydroxylation is 2. The number of thiophene rings is 1. The fourth-order valence-electron chi connectivity index (χ4n) is 2.51. The van der Waals surface area contributed by atoms with Gasteiger partial charge in [-0.2, -0.15) is 0 Å². The SMILES string of the molecule is OC(Cc1ccc(Br)cc1F)c1cc2c(s1)CCC2. The van der Waals surface area contributed by atoms with Crippen molar-refractivity contribution in [1.29, 1.82) is 0 Å². The van der Waals surface area contributed by atoms with Gasteiger partial charge in [-0.25, -0.2) is 4.39 Å². The zero-order valence-electron chi connectivity index (χ0n) is 10.3. The molecule has 4 heteroatoms. The van der Waals surface area contributed by atoms with E-state index in [9.17, 15) is 9.50 Å². The topological polar surface area (TPSA) is 20.2 Å². The Kier molecular flexibility index (Phi) is 3.74. The lowest BCUT2D eigenvalue weighted by Crippen LogP contribution is -2.02. The second kappa shape index (κ2) is 5.35. The number of aliphatic hydroxyl groups is 1. The van der Waals surface area contributed by atoms with Crippen LogP contribution in [0.3, 0.4) is 0 Å². The van der Waals surface area contributed by atoms with Crippen molar-refractivity contribution in [2.75, 3.05) is 0 Å². The van der Waals surface area contributed by atoms with Gasteiger partial charge in [0.2, 0.25) is 0 Å². The van der Waals surface area contributed by atoms with Gasteiger partial charge in [0.15, 0.2) is 0 Å². The van der Waals surface area contributed by atoms with E-state index in [1.54, 1.807) is 23.5 Å². The summed E-state index contributed by atoms with van der Waals surface area (Å²) in [4.78, 5) is 2.36. The Morgan fingerprint density at radius 2 is 2.16 bits per heavy atom. The van der Waals surface area contributed by atoms with Crippen LogP contribution in [0.2, 0.25) is 0 Å². The summed E-state index contributed by atoms with van der Waals surface area (Å²) < 4.78 is 14.5. The van der Waals surface area contributed by atoms with Crippen LogP contribution in [0, 0.1) is 5.82 Å². The molecule has 1 aromatic carbocycles. The maximum atomic E-state index is 13.8. The van der Waals surface area contributed by atoms with Crippen molar-refractivity contribution in [3.05, 3.63) is 55.4 Å². The van der Waals surface area contributed by atoms with Gasteiger partial charge in [-0.05, 0) is 48.6 Å². The minimum absolute atomic E-state index is 0.266. The summed E-state index contributed by atoms with van der Waals surface area (Å²) in [5.41, 5.74) is 1.93. The number of halogens is 2. The van der Waals surface area contributed by atoms with Gasteiger partial charge < -0.3 is 5.11 Å². The number of hydrogen-bond acceptors (Lipinski definition) is 2. The maximum absolute atomic E-state index is 13.8. The Balaban J connectivity index is 1.78. The van der Waals surface area contributed by atoms with Gasteiger partial charge in [-0.15, -0.1) is 11.3 Å². The van der Waals surface area contributed by atoms with E-state index in [-0.39, 0.29) is 5.82 Å². The zero-order chi connectivity index (χ0) is 13.4. The Labute approximate surface area is 124 Å². The van der Waals surface area contributed by atoms with Crippen LogP contribution in [0.4, 0.5) is 4.39 Å². The van der Waals surface area contributed by atoms with Crippen molar-refractivity contribution >= 4 is 27.3 Å². The molecular weight excluding hydrogens is 327 g/mol. The van der Waals surface area contributed by atoms with Gasteiger partial charge in [0, 0.05) is 20.6 Å². The molecule has 100 valence electrons. The van der Waals surface area contributed by atoms with Crippen LogP contribution in [-0.4, -0.2) is 5.11 Å². The molecule has 1 unspecified atom stereocenters. The lowest BCUT2D eigenvalue weighted by Gasteiger charge is -2.10. The van der Waals surface area contributed by atoms with Crippen LogP contribution in [-0.2, 0) is 19.3 Å². The van der Waals surface area contributed by atoms with E-state index in [4.69, 9.17) is 0 Å². The normalized spacial score (nSPS) is 15.5. The molecule has 19 heavy (non-hydrogen) atoms. The van der Waals surface area contributed by atoms with E-state index in [1.807, 2.05) is 0 Å². The molecule has 0 aliphatic heterocycles. The molecule has 2 aromatic rings. The second-order valence-electron chi connectivity index (χ2n) is 4.91. The van der Waals surface area contributed by atoms with E-state index in [0.29, 0.717) is 12.0 Å². The predicted octanol–water partition coefficient (Wildman–Crippen LogP) is 4.41. The lowest BCUT2D eigenvalue weighted by molar-refractivity contribution is 0.181. The Morgan fingerprint density at radius 3 is 2.89 bits per heavy atom. The molecular formula is C15H14BrFOS. The average Bonchev–Trinajstić information content (AvgIpc) is 2.93. The van der Waals surface area contributed by atoms with Crippen LogP contribution >= 0.6 is 27.3 Å². The summed E-state index contributed by atoms with van der Waals surface area (Å²) in [5.74, 6) is -0.266. The molecule has 0 bridgehead atoms. The number of aliphatic hydroxyl groups excluding tert-OH is 1. The van der Waals surface area contributed by atoms with Gasteiger partial charge in [0.25, 0.3) is 0 Å². The largest absolute Gasteiger partial charge is 0.387 e. The van der Waals surface area contributed by atoms with Crippen molar-refractivity contribution < 1.29 is 9.50 Å². The zero-order valence-corrected chi connectivity index (χ0v) is 12.7. The van der Waals surface area contributed by atoms with Crippen molar-refractivity contribution in [2.45, 2.75) is 31.8 Å². The standard InChI is InChI=1S/C15H14BrFOS/c16-11-5-4-9(12(17)8-11)6-13(18)15-7-10-2-1-3-14(10)19-15/h4-5,7-8,13,18H,1-3,6H2. The molecule has 1 heterocycles. The van der Waals surface area contributed by atoms with E-state index >= 15 is 0 Å². The highest BCUT2D eigenvalue weighted by Crippen LogP contribution is 2.35. The summed E-state index contributed by atoms with van der Waals surface area (Å²) in [6.07, 6.45) is 3.19. The smallest absolute Gasteiger partial charge is 0.127 e. The van der Waals surface area contributed by atoms with E-state index in [0.717, 1.165) is 22.2 Å². The number of hydrogen-bond donors (Lipinski definition) is 1. The first kappa shape index (κ1) is 13.3. The first-order valence-electron chi connectivity index (χ1n) is 6.37. The van der Waals surface area contributed by atoms with Crippen LogP contribution in [0.15, 0.2) is 28.7 Å². The molecule has 1 aromatic heterocycles. The molecule has 0 amide bonds. The first-order chi connectivity index (χ1) is 9.13. The minimum Gasteiger partial charge on any atom is -0.387 e. The molecule has 0 saturated carbocycles. The molecule has 1 N–H and O–H groups in total. The van der Waals surface area contributed by atoms with Gasteiger partial charge in [0.05, 0.1) is 6.10 Å². The summed E-state index contributed by atoms with van der Waals surface area (Å²) in [5, 5.41) is 10.3. The van der Waals surface area contributed by atoms with Crippen LogP contribution < -0.4 is 0 Å². The van der Waals surface area contributed by atoms with Gasteiger partial charge in [0.1, 0.15) is 5.82 Å². The van der Waals surface area contributed by atoms with Crippen LogP contribution in [0.1, 0.15) is 33.4 Å². The summed E-state index contributed by atoms with van der Waals surface area (Å²) in [6, 6.07) is 7.06. The van der Waals surface area contributed by atoms with Crippen molar-refractivity contribution in [3.63, 3.8) is 0 Å². The third-order valence-corrected chi connectivity index (χ3v) is 5.35. The van der Waals surface area contributed by atoms with Crippen molar-refractivity contribution in [3.8, 4) is 0 Å². The molecule has 0 fully saturated rings. The van der Waals surface area contributed by atoms with Crippen LogP contribution in [0.25, 0.3) is 0 Å². The highest BCUT2D eigenvalue weighted by atomic mass is 79.9. The highest BCUT2D eigenvalue weighted by molar-refractivity contribution is 9.10. The van der Waals surface area contributed by atoms with Crippen LogP contribution in [0.5, 0.6) is 0 Å². The molecule has 0 spiro atoms. The van der Waals surface area contributed by atoms with Gasteiger partial charge in [-0.1, -0.05) is 22.0 Å². The summed E-state index contributed by atoms with van der Waals surface area (Å²) >= 11 is 4.91. The number of rotatable bonds is 3. The minimum atomic E-state index is -0.605. The summed E-state index contributed by atoms with van der Waals surface area (Å²) in [7, 11) is 0. The third-order valence-electron chi connectivity index (χ3n) is 3.52. The third kappa shape index (κ3) is 2.76. The molecule has 1 aliphatic carbocycles. The number of benzene rings is 1. The Morgan fingerprint density at radius 1 is 1.32 bits per heavy atom. The monoisotopic (exact) mass is 340 g/mol. The van der Waals surface area contributed by atoms with Gasteiger partial charge >= 0.3 is 0 Å². The fourth-order valence-corrected chi connectivity index (χ4v) is 4.09. The molecule has 0 saturated heterocycles. The molecule has 0 radical (unpaired) electrons.